The van der Waals surface area contributed by atoms with Crippen LogP contribution in [-0.4, -0.2) is 58.4 Å². The van der Waals surface area contributed by atoms with Crippen molar-refractivity contribution in [2.75, 3.05) is 26.7 Å². The highest BCUT2D eigenvalue weighted by molar-refractivity contribution is 5.97. The van der Waals surface area contributed by atoms with Crippen molar-refractivity contribution in [3.05, 3.63) is 36.2 Å². The molecule has 0 saturated carbocycles. The number of aromatic nitrogens is 2. The van der Waals surface area contributed by atoms with Gasteiger partial charge in [0, 0.05) is 37.6 Å². The van der Waals surface area contributed by atoms with Gasteiger partial charge in [0.1, 0.15) is 0 Å². The normalized spacial score (nSPS) is 24.0. The Bertz CT molecular complexity index is 760. The molecule has 3 heterocycles. The Morgan fingerprint density at radius 1 is 1.12 bits per heavy atom. The van der Waals surface area contributed by atoms with E-state index in [1.54, 1.807) is 12.4 Å². The number of carbonyl (C=O) groups excluding carboxylic acids is 1. The van der Waals surface area contributed by atoms with E-state index in [2.05, 4.69) is 14.9 Å². The van der Waals surface area contributed by atoms with Crippen molar-refractivity contribution in [2.45, 2.75) is 38.1 Å². The molecule has 0 spiro atoms. The summed E-state index contributed by atoms with van der Waals surface area (Å²) in [7, 11) is 1.94. The van der Waals surface area contributed by atoms with Crippen molar-refractivity contribution in [3.63, 3.8) is 0 Å². The predicted octanol–water partition coefficient (Wildman–Crippen LogP) is 2.97. The Labute approximate surface area is 149 Å². The molecule has 2 saturated heterocycles. The van der Waals surface area contributed by atoms with Crippen LogP contribution >= 0.6 is 0 Å². The molecule has 0 bridgehead atoms. The molecule has 0 N–H and O–H groups in total. The Hall–Kier alpha value is -2.01. The standard InChI is InChI=1S/C20H26N4O/c1-23(14-16-5-4-12-24-11-3-2-6-19(16)24)20(25)15-7-8-17-18(13-15)22-10-9-21-17/h7-10,13,16,19H,2-6,11-12,14H2,1H3. The number of benzene rings is 1. The Morgan fingerprint density at radius 2 is 1.92 bits per heavy atom. The summed E-state index contributed by atoms with van der Waals surface area (Å²) in [6.07, 6.45) is 9.79. The zero-order valence-electron chi connectivity index (χ0n) is 14.9. The van der Waals surface area contributed by atoms with E-state index in [9.17, 15) is 4.79 Å². The van der Waals surface area contributed by atoms with Gasteiger partial charge in [0.05, 0.1) is 11.0 Å². The molecule has 2 fully saturated rings. The minimum absolute atomic E-state index is 0.0838. The fourth-order valence-electron chi connectivity index (χ4n) is 4.54. The van der Waals surface area contributed by atoms with Crippen molar-refractivity contribution in [1.82, 2.24) is 19.8 Å². The Balaban J connectivity index is 1.47. The quantitative estimate of drug-likeness (QED) is 0.863. The molecule has 1 aromatic heterocycles. The van der Waals surface area contributed by atoms with Gasteiger partial charge in [0.15, 0.2) is 0 Å². The number of piperidine rings is 2. The number of hydrogen-bond donors (Lipinski definition) is 0. The lowest BCUT2D eigenvalue weighted by Crippen LogP contribution is -2.51. The van der Waals surface area contributed by atoms with Crippen LogP contribution in [-0.2, 0) is 0 Å². The number of amides is 1. The first-order valence-electron chi connectivity index (χ1n) is 9.42. The van der Waals surface area contributed by atoms with E-state index in [-0.39, 0.29) is 5.91 Å². The van der Waals surface area contributed by atoms with Crippen molar-refractivity contribution in [1.29, 1.82) is 0 Å². The first-order valence-corrected chi connectivity index (χ1v) is 9.42. The number of hydrogen-bond acceptors (Lipinski definition) is 4. The van der Waals surface area contributed by atoms with E-state index in [4.69, 9.17) is 0 Å². The van der Waals surface area contributed by atoms with E-state index in [1.165, 1.54) is 45.2 Å². The van der Waals surface area contributed by atoms with Crippen LogP contribution < -0.4 is 0 Å². The lowest BCUT2D eigenvalue weighted by molar-refractivity contribution is 0.0403. The molecule has 2 aliphatic heterocycles. The summed E-state index contributed by atoms with van der Waals surface area (Å²) >= 11 is 0. The molecule has 0 aliphatic carbocycles. The summed E-state index contributed by atoms with van der Waals surface area (Å²) < 4.78 is 0. The van der Waals surface area contributed by atoms with Crippen molar-refractivity contribution in [3.8, 4) is 0 Å². The van der Waals surface area contributed by atoms with Gasteiger partial charge in [-0.3, -0.25) is 14.8 Å². The zero-order valence-corrected chi connectivity index (χ0v) is 14.9. The SMILES string of the molecule is CN(CC1CCCN2CCCCC12)C(=O)c1ccc2nccnc2c1. The second kappa shape index (κ2) is 7.08. The smallest absolute Gasteiger partial charge is 0.253 e. The van der Waals surface area contributed by atoms with Gasteiger partial charge >= 0.3 is 0 Å². The highest BCUT2D eigenvalue weighted by Crippen LogP contribution is 2.31. The molecule has 4 rings (SSSR count). The molecule has 132 valence electrons. The summed E-state index contributed by atoms with van der Waals surface area (Å²) in [5.41, 5.74) is 2.30. The second-order valence-electron chi connectivity index (χ2n) is 7.45. The van der Waals surface area contributed by atoms with Crippen LogP contribution in [0.4, 0.5) is 0 Å². The molecule has 2 aliphatic rings. The molecule has 0 radical (unpaired) electrons. The molecule has 5 nitrogen and oxygen atoms in total. The molecule has 1 aromatic carbocycles. The summed E-state index contributed by atoms with van der Waals surface area (Å²) in [5.74, 6) is 0.684. The van der Waals surface area contributed by atoms with E-state index >= 15 is 0 Å². The van der Waals surface area contributed by atoms with Gasteiger partial charge in [-0.15, -0.1) is 0 Å². The molecule has 5 heteroatoms. The number of fused-ring (bicyclic) bond motifs is 2. The van der Waals surface area contributed by atoms with Gasteiger partial charge in [-0.2, -0.15) is 0 Å². The minimum atomic E-state index is 0.0838. The van der Waals surface area contributed by atoms with E-state index < -0.39 is 0 Å². The first-order chi connectivity index (χ1) is 12.2. The topological polar surface area (TPSA) is 49.3 Å². The van der Waals surface area contributed by atoms with Gasteiger partial charge in [0.25, 0.3) is 5.91 Å². The summed E-state index contributed by atoms with van der Waals surface area (Å²) in [4.78, 5) is 26.0. The summed E-state index contributed by atoms with van der Waals surface area (Å²) in [6, 6.07) is 6.27. The first kappa shape index (κ1) is 16.5. The third-order valence-electron chi connectivity index (χ3n) is 5.80. The van der Waals surface area contributed by atoms with E-state index in [0.717, 1.165) is 17.6 Å². The van der Waals surface area contributed by atoms with Crippen LogP contribution in [0.15, 0.2) is 30.6 Å². The lowest BCUT2D eigenvalue weighted by Gasteiger charge is -2.45. The molecular weight excluding hydrogens is 312 g/mol. The molecule has 1 amide bonds. The van der Waals surface area contributed by atoms with E-state index in [1.807, 2.05) is 30.1 Å². The highest BCUT2D eigenvalue weighted by Gasteiger charge is 2.34. The maximum Gasteiger partial charge on any atom is 0.253 e. The van der Waals surface area contributed by atoms with Crippen LogP contribution in [0.3, 0.4) is 0 Å². The largest absolute Gasteiger partial charge is 0.341 e. The molecule has 25 heavy (non-hydrogen) atoms. The van der Waals surface area contributed by atoms with Crippen molar-refractivity contribution in [2.24, 2.45) is 5.92 Å². The third-order valence-corrected chi connectivity index (χ3v) is 5.80. The molecular formula is C20H26N4O. The maximum absolute atomic E-state index is 12.9. The Kier molecular flexibility index (Phi) is 4.66. The van der Waals surface area contributed by atoms with Crippen LogP contribution in [0.2, 0.25) is 0 Å². The molecule has 2 unspecified atom stereocenters. The predicted molar refractivity (Wildman–Crippen MR) is 98.4 cm³/mol. The summed E-state index contributed by atoms with van der Waals surface area (Å²) in [5, 5.41) is 0. The van der Waals surface area contributed by atoms with Crippen LogP contribution in [0.25, 0.3) is 11.0 Å². The summed E-state index contributed by atoms with van der Waals surface area (Å²) in [6.45, 7) is 3.32. The van der Waals surface area contributed by atoms with Crippen LogP contribution in [0.5, 0.6) is 0 Å². The van der Waals surface area contributed by atoms with Gasteiger partial charge in [0.2, 0.25) is 0 Å². The van der Waals surface area contributed by atoms with Gasteiger partial charge in [-0.1, -0.05) is 6.42 Å². The van der Waals surface area contributed by atoms with Gasteiger partial charge < -0.3 is 9.80 Å². The average Bonchev–Trinajstić information content (AvgIpc) is 2.67. The molecule has 2 aromatic rings. The third kappa shape index (κ3) is 3.38. The monoisotopic (exact) mass is 338 g/mol. The number of rotatable bonds is 3. The lowest BCUT2D eigenvalue weighted by atomic mass is 9.83. The maximum atomic E-state index is 12.9. The van der Waals surface area contributed by atoms with Crippen molar-refractivity contribution < 1.29 is 4.79 Å². The zero-order chi connectivity index (χ0) is 17.2. The molecule has 2 atom stereocenters. The fourth-order valence-corrected chi connectivity index (χ4v) is 4.54. The van der Waals surface area contributed by atoms with Gasteiger partial charge in [-0.05, 0) is 62.9 Å². The van der Waals surface area contributed by atoms with Crippen LogP contribution in [0.1, 0.15) is 42.5 Å². The minimum Gasteiger partial charge on any atom is -0.341 e. The number of nitrogens with zero attached hydrogens (tertiary/aromatic N) is 4. The number of carbonyl (C=O) groups is 1. The second-order valence-corrected chi connectivity index (χ2v) is 7.45. The average molecular weight is 338 g/mol. The van der Waals surface area contributed by atoms with Crippen molar-refractivity contribution >= 4 is 16.9 Å². The Morgan fingerprint density at radius 3 is 2.80 bits per heavy atom. The van der Waals surface area contributed by atoms with E-state index in [0.29, 0.717) is 17.5 Å². The highest BCUT2D eigenvalue weighted by atomic mass is 16.2. The van der Waals surface area contributed by atoms with Crippen LogP contribution in [0, 0.1) is 5.92 Å². The fraction of sp³-hybridized carbons (Fsp3) is 0.550. The van der Waals surface area contributed by atoms with Gasteiger partial charge in [-0.25, -0.2) is 0 Å².